The van der Waals surface area contributed by atoms with E-state index in [2.05, 4.69) is 0 Å². The molecule has 7 heteroatoms. The Hall–Kier alpha value is -2.15. The summed E-state index contributed by atoms with van der Waals surface area (Å²) in [7, 11) is 0. The van der Waals surface area contributed by atoms with Crippen LogP contribution in [-0.2, 0) is 0 Å². The fourth-order valence-electron chi connectivity index (χ4n) is 1.55. The first-order valence-electron chi connectivity index (χ1n) is 5.51. The molecule has 0 spiro atoms. The van der Waals surface area contributed by atoms with Crippen LogP contribution in [0.15, 0.2) is 52.3 Å². The average Bonchev–Trinajstić information content (AvgIpc) is 2.41. The van der Waals surface area contributed by atoms with Gasteiger partial charge in [0.2, 0.25) is 0 Å². The van der Waals surface area contributed by atoms with Crippen molar-refractivity contribution < 1.29 is 18.8 Å². The van der Waals surface area contributed by atoms with Crippen LogP contribution in [0.5, 0.6) is 5.75 Å². The van der Waals surface area contributed by atoms with Gasteiger partial charge < -0.3 is 5.11 Å². The van der Waals surface area contributed by atoms with Gasteiger partial charge in [-0.2, -0.15) is 0 Å². The summed E-state index contributed by atoms with van der Waals surface area (Å²) in [4.78, 5) is 10.8. The molecule has 0 radical (unpaired) electrons. The molecule has 0 aliphatic carbocycles. The van der Waals surface area contributed by atoms with Gasteiger partial charge in [0.05, 0.1) is 4.92 Å². The number of nitrogens with zero attached hydrogens (tertiary/aromatic N) is 1. The number of nitro benzene ring substituents is 1. The molecule has 0 amide bonds. The number of alkyl halides is 2. The van der Waals surface area contributed by atoms with Crippen LogP contribution in [0.4, 0.5) is 14.5 Å². The first kappa shape index (κ1) is 14.3. The monoisotopic (exact) mass is 297 g/mol. The van der Waals surface area contributed by atoms with E-state index in [1.165, 1.54) is 24.3 Å². The summed E-state index contributed by atoms with van der Waals surface area (Å²) in [6.07, 6.45) is -2.80. The summed E-state index contributed by atoms with van der Waals surface area (Å²) in [5.41, 5.74) is -0.743. The van der Waals surface area contributed by atoms with Crippen LogP contribution in [0.25, 0.3) is 0 Å². The molecule has 0 atom stereocenters. The first-order valence-corrected chi connectivity index (χ1v) is 6.32. The lowest BCUT2D eigenvalue weighted by Crippen LogP contribution is -1.93. The standard InChI is InChI=1S/C13H9F2NO3S/c14-13(15)11-7-8(16(18)19)1-6-12(11)20-10-4-2-9(17)3-5-10/h1-7,13,17H. The summed E-state index contributed by atoms with van der Waals surface area (Å²) < 4.78 is 25.9. The van der Waals surface area contributed by atoms with Crippen molar-refractivity contribution in [2.75, 3.05) is 0 Å². The normalized spacial score (nSPS) is 10.8. The smallest absolute Gasteiger partial charge is 0.269 e. The van der Waals surface area contributed by atoms with Crippen LogP contribution in [0.2, 0.25) is 0 Å². The fourth-order valence-corrected chi connectivity index (χ4v) is 2.48. The Morgan fingerprint density at radius 2 is 1.80 bits per heavy atom. The maximum atomic E-state index is 13.0. The second kappa shape index (κ2) is 5.87. The van der Waals surface area contributed by atoms with Gasteiger partial charge in [-0.15, -0.1) is 0 Å². The Kier molecular flexibility index (Phi) is 4.19. The molecule has 0 saturated heterocycles. The Balaban J connectivity index is 2.35. The third-order valence-corrected chi connectivity index (χ3v) is 3.60. The van der Waals surface area contributed by atoms with Gasteiger partial charge in [0.25, 0.3) is 12.1 Å². The Labute approximate surface area is 117 Å². The maximum absolute atomic E-state index is 13.0. The SMILES string of the molecule is O=[N+]([O-])c1ccc(Sc2ccc(O)cc2)c(C(F)F)c1. The number of halogens is 2. The number of hydrogen-bond donors (Lipinski definition) is 1. The molecule has 0 bridgehead atoms. The van der Waals surface area contributed by atoms with Crippen molar-refractivity contribution in [2.45, 2.75) is 16.2 Å². The molecule has 0 saturated carbocycles. The number of nitro groups is 1. The third-order valence-electron chi connectivity index (χ3n) is 2.50. The van der Waals surface area contributed by atoms with Crippen molar-refractivity contribution in [1.82, 2.24) is 0 Å². The Bertz CT molecular complexity index is 632. The van der Waals surface area contributed by atoms with Crippen molar-refractivity contribution in [3.63, 3.8) is 0 Å². The van der Waals surface area contributed by atoms with E-state index in [-0.39, 0.29) is 21.9 Å². The van der Waals surface area contributed by atoms with Crippen LogP contribution in [0.1, 0.15) is 12.0 Å². The van der Waals surface area contributed by atoms with E-state index in [1.54, 1.807) is 12.1 Å². The van der Waals surface area contributed by atoms with E-state index in [9.17, 15) is 18.9 Å². The van der Waals surface area contributed by atoms with Crippen molar-refractivity contribution in [2.24, 2.45) is 0 Å². The molecule has 4 nitrogen and oxygen atoms in total. The van der Waals surface area contributed by atoms with Crippen molar-refractivity contribution in [3.8, 4) is 5.75 Å². The number of hydrogen-bond acceptors (Lipinski definition) is 4. The molecule has 0 fully saturated rings. The Morgan fingerprint density at radius 3 is 2.35 bits per heavy atom. The Morgan fingerprint density at radius 1 is 1.15 bits per heavy atom. The molecular formula is C13H9F2NO3S. The molecule has 0 unspecified atom stereocenters. The van der Waals surface area contributed by atoms with E-state index in [0.717, 1.165) is 17.8 Å². The van der Waals surface area contributed by atoms with E-state index in [0.29, 0.717) is 4.90 Å². The molecule has 0 aromatic heterocycles. The molecule has 2 aromatic carbocycles. The average molecular weight is 297 g/mol. The molecule has 0 aliphatic rings. The van der Waals surface area contributed by atoms with Gasteiger partial charge in [0, 0.05) is 27.5 Å². The molecule has 0 aliphatic heterocycles. The predicted molar refractivity (Wildman–Crippen MR) is 70.3 cm³/mol. The highest BCUT2D eigenvalue weighted by atomic mass is 32.2. The second-order valence-electron chi connectivity index (χ2n) is 3.88. The van der Waals surface area contributed by atoms with Crippen LogP contribution in [0.3, 0.4) is 0 Å². The number of non-ortho nitro benzene ring substituents is 1. The number of rotatable bonds is 4. The maximum Gasteiger partial charge on any atom is 0.269 e. The van der Waals surface area contributed by atoms with Gasteiger partial charge in [0.1, 0.15) is 5.75 Å². The van der Waals surface area contributed by atoms with E-state index in [1.807, 2.05) is 0 Å². The van der Waals surface area contributed by atoms with Gasteiger partial charge in [-0.25, -0.2) is 8.78 Å². The van der Waals surface area contributed by atoms with Gasteiger partial charge in [-0.05, 0) is 30.3 Å². The second-order valence-corrected chi connectivity index (χ2v) is 4.99. The summed E-state index contributed by atoms with van der Waals surface area (Å²) in [5, 5.41) is 19.8. The fraction of sp³-hybridized carbons (Fsp3) is 0.0769. The zero-order chi connectivity index (χ0) is 14.7. The minimum Gasteiger partial charge on any atom is -0.508 e. The number of benzene rings is 2. The predicted octanol–water partition coefficient (Wildman–Crippen LogP) is 4.39. The van der Waals surface area contributed by atoms with Gasteiger partial charge in [-0.3, -0.25) is 10.1 Å². The highest BCUT2D eigenvalue weighted by molar-refractivity contribution is 7.99. The minimum atomic E-state index is -2.80. The molecule has 2 rings (SSSR count). The van der Waals surface area contributed by atoms with Gasteiger partial charge in [0.15, 0.2) is 0 Å². The number of phenols is 1. The summed E-state index contributed by atoms with van der Waals surface area (Å²) in [5.74, 6) is 0.0760. The quantitative estimate of drug-likeness (QED) is 0.671. The van der Waals surface area contributed by atoms with Gasteiger partial charge >= 0.3 is 0 Å². The lowest BCUT2D eigenvalue weighted by Gasteiger charge is -2.08. The highest BCUT2D eigenvalue weighted by Crippen LogP contribution is 2.37. The lowest BCUT2D eigenvalue weighted by molar-refractivity contribution is -0.385. The van der Waals surface area contributed by atoms with Crippen molar-refractivity contribution >= 4 is 17.4 Å². The summed E-state index contributed by atoms with van der Waals surface area (Å²) in [6, 6.07) is 9.41. The zero-order valence-corrected chi connectivity index (χ0v) is 10.8. The topological polar surface area (TPSA) is 63.4 Å². The summed E-state index contributed by atoms with van der Waals surface area (Å²) in [6.45, 7) is 0. The zero-order valence-electron chi connectivity index (χ0n) is 9.99. The third kappa shape index (κ3) is 3.24. The molecule has 2 aromatic rings. The van der Waals surface area contributed by atoms with Crippen LogP contribution >= 0.6 is 11.8 Å². The van der Waals surface area contributed by atoms with Crippen molar-refractivity contribution in [1.29, 1.82) is 0 Å². The highest BCUT2D eigenvalue weighted by Gasteiger charge is 2.18. The lowest BCUT2D eigenvalue weighted by atomic mass is 10.2. The van der Waals surface area contributed by atoms with E-state index in [4.69, 9.17) is 5.11 Å². The van der Waals surface area contributed by atoms with E-state index >= 15 is 0 Å². The van der Waals surface area contributed by atoms with Gasteiger partial charge in [-0.1, -0.05) is 11.8 Å². The molecule has 0 heterocycles. The van der Waals surface area contributed by atoms with Crippen LogP contribution < -0.4 is 0 Å². The number of phenolic OH excluding ortho intramolecular Hbond substituents is 1. The molecular weight excluding hydrogens is 288 g/mol. The van der Waals surface area contributed by atoms with Crippen molar-refractivity contribution in [3.05, 3.63) is 58.1 Å². The summed E-state index contributed by atoms with van der Waals surface area (Å²) >= 11 is 1.06. The number of aromatic hydroxyl groups is 1. The minimum absolute atomic E-state index is 0.0760. The first-order chi connectivity index (χ1) is 9.47. The van der Waals surface area contributed by atoms with Crippen LogP contribution in [0, 0.1) is 10.1 Å². The largest absolute Gasteiger partial charge is 0.508 e. The molecule has 1 N–H and O–H groups in total. The molecule has 104 valence electrons. The molecule has 20 heavy (non-hydrogen) atoms. The van der Waals surface area contributed by atoms with Crippen LogP contribution in [-0.4, -0.2) is 10.0 Å². The van der Waals surface area contributed by atoms with E-state index < -0.39 is 11.3 Å².